The van der Waals surface area contributed by atoms with E-state index in [4.69, 9.17) is 4.74 Å². The van der Waals surface area contributed by atoms with Crippen molar-refractivity contribution in [3.63, 3.8) is 0 Å². The fraction of sp³-hybridized carbons (Fsp3) is 0.769. The van der Waals surface area contributed by atoms with Crippen molar-refractivity contribution in [3.05, 3.63) is 16.1 Å². The molecule has 0 radical (unpaired) electrons. The largest absolute Gasteiger partial charge is 0.378 e. The van der Waals surface area contributed by atoms with Gasteiger partial charge in [-0.3, -0.25) is 0 Å². The fourth-order valence-corrected chi connectivity index (χ4v) is 3.35. The lowest BCUT2D eigenvalue weighted by atomic mass is 9.75. The highest BCUT2D eigenvalue weighted by Crippen LogP contribution is 2.39. The maximum atomic E-state index is 5.69. The number of aromatic nitrogens is 1. The Morgan fingerprint density at radius 1 is 1.59 bits per heavy atom. The van der Waals surface area contributed by atoms with E-state index in [-0.39, 0.29) is 5.60 Å². The number of thiazole rings is 1. The molecule has 96 valence electrons. The Labute approximate surface area is 108 Å². The molecule has 2 rings (SSSR count). The van der Waals surface area contributed by atoms with Crippen LogP contribution in [0, 0.1) is 6.92 Å². The third kappa shape index (κ3) is 3.06. The summed E-state index contributed by atoms with van der Waals surface area (Å²) < 4.78 is 5.69. The Morgan fingerprint density at radius 2 is 2.35 bits per heavy atom. The van der Waals surface area contributed by atoms with Gasteiger partial charge in [0, 0.05) is 30.6 Å². The number of rotatable bonds is 6. The van der Waals surface area contributed by atoms with Crippen molar-refractivity contribution in [1.82, 2.24) is 10.3 Å². The van der Waals surface area contributed by atoms with E-state index in [1.807, 2.05) is 14.2 Å². The van der Waals surface area contributed by atoms with Crippen molar-refractivity contribution in [2.45, 2.75) is 50.7 Å². The van der Waals surface area contributed by atoms with Crippen LogP contribution in [0.2, 0.25) is 0 Å². The van der Waals surface area contributed by atoms with Crippen molar-refractivity contribution < 1.29 is 4.74 Å². The first-order chi connectivity index (χ1) is 8.17. The van der Waals surface area contributed by atoms with E-state index in [1.165, 1.54) is 24.3 Å². The van der Waals surface area contributed by atoms with Gasteiger partial charge in [0.05, 0.1) is 10.6 Å². The first-order valence-electron chi connectivity index (χ1n) is 6.31. The second-order valence-electron chi connectivity index (χ2n) is 5.02. The summed E-state index contributed by atoms with van der Waals surface area (Å²) in [4.78, 5) is 4.54. The van der Waals surface area contributed by atoms with Crippen LogP contribution in [-0.4, -0.2) is 30.8 Å². The van der Waals surface area contributed by atoms with Gasteiger partial charge in [0.2, 0.25) is 0 Å². The van der Waals surface area contributed by atoms with Crippen molar-refractivity contribution in [2.75, 3.05) is 14.2 Å². The van der Waals surface area contributed by atoms with E-state index in [2.05, 4.69) is 22.6 Å². The molecule has 0 saturated heterocycles. The molecule has 0 bridgehead atoms. The first-order valence-corrected chi connectivity index (χ1v) is 7.19. The summed E-state index contributed by atoms with van der Waals surface area (Å²) in [6.45, 7) is 2.05. The van der Waals surface area contributed by atoms with Crippen LogP contribution >= 0.6 is 11.3 Å². The maximum Gasteiger partial charge on any atom is 0.0943 e. The van der Waals surface area contributed by atoms with E-state index in [0.717, 1.165) is 18.5 Å². The summed E-state index contributed by atoms with van der Waals surface area (Å²) in [5, 5.41) is 6.76. The van der Waals surface area contributed by atoms with Crippen LogP contribution in [0.3, 0.4) is 0 Å². The normalized spacial score (nSPS) is 19.9. The maximum absolute atomic E-state index is 5.69. The lowest BCUT2D eigenvalue weighted by Crippen LogP contribution is -2.45. The van der Waals surface area contributed by atoms with E-state index in [0.29, 0.717) is 6.04 Å². The van der Waals surface area contributed by atoms with Crippen molar-refractivity contribution >= 4 is 11.3 Å². The predicted molar refractivity (Wildman–Crippen MR) is 71.6 cm³/mol. The van der Waals surface area contributed by atoms with E-state index >= 15 is 0 Å². The Kier molecular flexibility index (Phi) is 4.17. The predicted octanol–water partition coefficient (Wildman–Crippen LogP) is 2.54. The second kappa shape index (κ2) is 5.46. The summed E-state index contributed by atoms with van der Waals surface area (Å²) in [6, 6.07) is 0.473. The van der Waals surface area contributed by atoms with Crippen LogP contribution in [0.4, 0.5) is 0 Å². The number of aryl methyl sites for hydroxylation is 1. The lowest BCUT2D eigenvalue weighted by molar-refractivity contribution is -0.0830. The summed E-state index contributed by atoms with van der Waals surface area (Å²) in [5.41, 5.74) is 1.27. The van der Waals surface area contributed by atoms with Gasteiger partial charge in [-0.1, -0.05) is 0 Å². The lowest BCUT2D eigenvalue weighted by Gasteiger charge is -2.42. The number of nitrogens with zero attached hydrogens (tertiary/aromatic N) is 1. The molecule has 3 nitrogen and oxygen atoms in total. The Hall–Kier alpha value is -0.450. The zero-order chi connectivity index (χ0) is 12.3. The van der Waals surface area contributed by atoms with Gasteiger partial charge in [-0.15, -0.1) is 11.3 Å². The average Bonchev–Trinajstić information content (AvgIpc) is 2.67. The molecule has 1 aromatic rings. The van der Waals surface area contributed by atoms with Crippen LogP contribution < -0.4 is 5.32 Å². The fourth-order valence-electron chi connectivity index (χ4n) is 2.50. The Balaban J connectivity index is 1.92. The first kappa shape index (κ1) is 13.0. The van der Waals surface area contributed by atoms with Gasteiger partial charge in [-0.25, -0.2) is 4.98 Å². The van der Waals surface area contributed by atoms with Crippen LogP contribution in [0.5, 0.6) is 0 Å². The minimum absolute atomic E-state index is 0.139. The summed E-state index contributed by atoms with van der Waals surface area (Å²) in [7, 11) is 3.88. The number of methoxy groups -OCH3 is 1. The third-order valence-electron chi connectivity index (χ3n) is 3.81. The molecule has 0 spiro atoms. The van der Waals surface area contributed by atoms with Gasteiger partial charge in [-0.05, 0) is 39.7 Å². The Bertz CT molecular complexity index is 355. The number of hydrogen-bond acceptors (Lipinski definition) is 4. The quantitative estimate of drug-likeness (QED) is 0.847. The van der Waals surface area contributed by atoms with Gasteiger partial charge in [0.15, 0.2) is 0 Å². The summed E-state index contributed by atoms with van der Waals surface area (Å²) >= 11 is 1.76. The average molecular weight is 254 g/mol. The molecule has 1 N–H and O–H groups in total. The minimum Gasteiger partial charge on any atom is -0.378 e. The molecule has 1 fully saturated rings. The summed E-state index contributed by atoms with van der Waals surface area (Å²) in [6.07, 6.45) is 5.83. The second-order valence-corrected chi connectivity index (χ2v) is 5.96. The third-order valence-corrected chi connectivity index (χ3v) is 4.80. The molecule has 0 aliphatic heterocycles. The molecule has 17 heavy (non-hydrogen) atoms. The molecule has 1 aliphatic carbocycles. The molecule has 4 heteroatoms. The zero-order valence-electron chi connectivity index (χ0n) is 11.0. The topological polar surface area (TPSA) is 34.2 Å². The van der Waals surface area contributed by atoms with Gasteiger partial charge >= 0.3 is 0 Å². The minimum atomic E-state index is 0.139. The molecular formula is C13H22N2OS. The van der Waals surface area contributed by atoms with Gasteiger partial charge in [-0.2, -0.15) is 0 Å². The molecule has 1 heterocycles. The van der Waals surface area contributed by atoms with Crippen LogP contribution in [0.25, 0.3) is 0 Å². The number of hydrogen-bond donors (Lipinski definition) is 1. The van der Waals surface area contributed by atoms with Crippen LogP contribution in [0.15, 0.2) is 5.38 Å². The molecule has 1 unspecified atom stereocenters. The van der Waals surface area contributed by atoms with Crippen molar-refractivity contribution in [2.24, 2.45) is 0 Å². The molecule has 1 aromatic heterocycles. The molecule has 1 aliphatic rings. The van der Waals surface area contributed by atoms with Gasteiger partial charge in [0.1, 0.15) is 0 Å². The summed E-state index contributed by atoms with van der Waals surface area (Å²) in [5.74, 6) is 0. The van der Waals surface area contributed by atoms with E-state index in [9.17, 15) is 0 Å². The molecule has 0 amide bonds. The molecule has 1 atom stereocenters. The van der Waals surface area contributed by atoms with Gasteiger partial charge in [0.25, 0.3) is 0 Å². The SMILES string of the molecule is CNC(Cc1nc(C)cs1)CC1(OC)CCC1. The highest BCUT2D eigenvalue weighted by molar-refractivity contribution is 7.09. The number of ether oxygens (including phenoxy) is 1. The zero-order valence-corrected chi connectivity index (χ0v) is 11.8. The highest BCUT2D eigenvalue weighted by atomic mass is 32.1. The molecular weight excluding hydrogens is 232 g/mol. The van der Waals surface area contributed by atoms with Crippen molar-refractivity contribution in [3.8, 4) is 0 Å². The molecule has 0 aromatic carbocycles. The highest BCUT2D eigenvalue weighted by Gasteiger charge is 2.38. The van der Waals surface area contributed by atoms with E-state index < -0.39 is 0 Å². The number of nitrogens with one attached hydrogen (secondary N) is 1. The van der Waals surface area contributed by atoms with E-state index in [1.54, 1.807) is 11.3 Å². The van der Waals surface area contributed by atoms with Crippen LogP contribution in [0.1, 0.15) is 36.4 Å². The van der Waals surface area contributed by atoms with Crippen molar-refractivity contribution in [1.29, 1.82) is 0 Å². The van der Waals surface area contributed by atoms with Gasteiger partial charge < -0.3 is 10.1 Å². The standard InChI is InChI=1S/C13H22N2OS/c1-10-9-17-12(15-10)7-11(14-2)8-13(16-3)5-4-6-13/h9,11,14H,4-8H2,1-3H3. The number of likely N-dealkylation sites (N-methyl/N-ethyl adjacent to an activating group) is 1. The Morgan fingerprint density at radius 3 is 2.76 bits per heavy atom. The molecule has 1 saturated carbocycles. The monoisotopic (exact) mass is 254 g/mol. The van der Waals surface area contributed by atoms with Crippen LogP contribution in [-0.2, 0) is 11.2 Å². The smallest absolute Gasteiger partial charge is 0.0943 e.